The van der Waals surface area contributed by atoms with Gasteiger partial charge in [0.25, 0.3) is 0 Å². The summed E-state index contributed by atoms with van der Waals surface area (Å²) < 4.78 is 10.9. The molecule has 1 aromatic heterocycles. The summed E-state index contributed by atoms with van der Waals surface area (Å²) in [4.78, 5) is 21.1. The molecule has 29 heavy (non-hydrogen) atoms. The van der Waals surface area contributed by atoms with Crippen molar-refractivity contribution in [2.24, 2.45) is 0 Å². The number of carbonyl (C=O) groups is 1. The number of nitrogens with zero attached hydrogens (tertiary/aromatic N) is 3. The van der Waals surface area contributed by atoms with Crippen molar-refractivity contribution in [2.75, 3.05) is 53.0 Å². The van der Waals surface area contributed by atoms with Crippen LogP contribution in [0.4, 0.5) is 0 Å². The van der Waals surface area contributed by atoms with Crippen LogP contribution in [0.5, 0.6) is 5.75 Å². The van der Waals surface area contributed by atoms with Gasteiger partial charge in [-0.2, -0.15) is 0 Å². The second-order valence-corrected chi connectivity index (χ2v) is 8.19. The lowest BCUT2D eigenvalue weighted by atomic mass is 10.2. The number of likely N-dealkylation sites (N-methyl/N-ethyl adjacent to an activating group) is 1. The Balaban J connectivity index is 1.35. The van der Waals surface area contributed by atoms with E-state index in [4.69, 9.17) is 9.47 Å². The maximum absolute atomic E-state index is 11.7. The first-order valence-corrected chi connectivity index (χ1v) is 11.3. The van der Waals surface area contributed by atoms with E-state index in [1.807, 2.05) is 24.3 Å². The highest BCUT2D eigenvalue weighted by Gasteiger charge is 2.13. The minimum absolute atomic E-state index is 0.355. The Morgan fingerprint density at radius 1 is 1.10 bits per heavy atom. The van der Waals surface area contributed by atoms with E-state index in [1.54, 1.807) is 12.3 Å². The van der Waals surface area contributed by atoms with E-state index in [2.05, 4.69) is 21.8 Å². The van der Waals surface area contributed by atoms with Crippen LogP contribution in [-0.4, -0.2) is 73.7 Å². The molecule has 0 amide bonds. The van der Waals surface area contributed by atoms with Gasteiger partial charge in [-0.05, 0) is 64.0 Å². The quantitative estimate of drug-likeness (QED) is 0.433. The van der Waals surface area contributed by atoms with Gasteiger partial charge < -0.3 is 19.3 Å². The molecule has 0 N–H and O–H groups in total. The lowest BCUT2D eigenvalue weighted by molar-refractivity contribution is 0.0520. The Morgan fingerprint density at radius 2 is 1.86 bits per heavy atom. The van der Waals surface area contributed by atoms with Crippen molar-refractivity contribution in [1.82, 2.24) is 14.8 Å². The number of rotatable bonds is 10. The molecule has 158 valence electrons. The standard InChI is InChI=1S/C22H31N3O3S/c1-3-27-22(26)20-17-29-21(23-20)18-7-9-19(10-8-18)28-16-6-4-5-11-25-14-12-24(2)13-15-25/h7-10,17H,3-6,11-16H2,1-2H3. The van der Waals surface area contributed by atoms with Crippen LogP contribution in [0.3, 0.4) is 0 Å². The summed E-state index contributed by atoms with van der Waals surface area (Å²) in [5.74, 6) is 0.498. The molecule has 0 unspecified atom stereocenters. The molecule has 0 bridgehead atoms. The van der Waals surface area contributed by atoms with Crippen LogP contribution in [0, 0.1) is 0 Å². The fraction of sp³-hybridized carbons (Fsp3) is 0.545. The van der Waals surface area contributed by atoms with Gasteiger partial charge in [0.15, 0.2) is 5.69 Å². The van der Waals surface area contributed by atoms with Gasteiger partial charge in [0.1, 0.15) is 10.8 Å². The summed E-state index contributed by atoms with van der Waals surface area (Å²) in [5.41, 5.74) is 1.34. The smallest absolute Gasteiger partial charge is 0.357 e. The van der Waals surface area contributed by atoms with Crippen LogP contribution in [-0.2, 0) is 4.74 Å². The van der Waals surface area contributed by atoms with Gasteiger partial charge in [-0.3, -0.25) is 0 Å². The number of aromatic nitrogens is 1. The Hall–Kier alpha value is -1.96. The van der Waals surface area contributed by atoms with Gasteiger partial charge in [-0.25, -0.2) is 9.78 Å². The number of hydrogen-bond acceptors (Lipinski definition) is 7. The van der Waals surface area contributed by atoms with Crippen LogP contribution in [0.2, 0.25) is 0 Å². The maximum atomic E-state index is 11.7. The molecule has 3 rings (SSSR count). The molecule has 0 atom stereocenters. The van der Waals surface area contributed by atoms with E-state index >= 15 is 0 Å². The Morgan fingerprint density at radius 3 is 2.59 bits per heavy atom. The molecule has 7 heteroatoms. The minimum atomic E-state index is -0.373. The molecule has 0 spiro atoms. The number of piperazine rings is 1. The molecule has 0 saturated carbocycles. The molecule has 0 radical (unpaired) electrons. The number of thiazole rings is 1. The molecule has 0 aliphatic carbocycles. The molecule has 1 aromatic carbocycles. The maximum Gasteiger partial charge on any atom is 0.357 e. The second kappa shape index (κ2) is 11.3. The zero-order chi connectivity index (χ0) is 20.5. The van der Waals surface area contributed by atoms with E-state index in [0.29, 0.717) is 12.3 Å². The van der Waals surface area contributed by atoms with E-state index in [9.17, 15) is 4.79 Å². The summed E-state index contributed by atoms with van der Waals surface area (Å²) in [7, 11) is 2.19. The lowest BCUT2D eigenvalue weighted by Gasteiger charge is -2.32. The van der Waals surface area contributed by atoms with E-state index in [-0.39, 0.29) is 5.97 Å². The molecule has 1 aliphatic heterocycles. The summed E-state index contributed by atoms with van der Waals surface area (Å²) in [5, 5.41) is 2.54. The van der Waals surface area contributed by atoms with Crippen LogP contribution >= 0.6 is 11.3 Å². The highest BCUT2D eigenvalue weighted by molar-refractivity contribution is 7.13. The zero-order valence-electron chi connectivity index (χ0n) is 17.4. The number of unbranched alkanes of at least 4 members (excludes halogenated alkanes) is 2. The first kappa shape index (κ1) is 21.7. The predicted octanol–water partition coefficient (Wildman–Crippen LogP) is 3.78. The lowest BCUT2D eigenvalue weighted by Crippen LogP contribution is -2.44. The number of carbonyl (C=O) groups excluding carboxylic acids is 1. The Bertz CT molecular complexity index is 755. The van der Waals surface area contributed by atoms with Crippen molar-refractivity contribution in [1.29, 1.82) is 0 Å². The van der Waals surface area contributed by atoms with Crippen LogP contribution < -0.4 is 4.74 Å². The SMILES string of the molecule is CCOC(=O)c1csc(-c2ccc(OCCCCCN3CCN(C)CC3)cc2)n1. The van der Waals surface area contributed by atoms with Gasteiger partial charge in [0.2, 0.25) is 0 Å². The van der Waals surface area contributed by atoms with Gasteiger partial charge in [0.05, 0.1) is 13.2 Å². The molecule has 6 nitrogen and oxygen atoms in total. The van der Waals surface area contributed by atoms with Gasteiger partial charge in [0, 0.05) is 37.1 Å². The van der Waals surface area contributed by atoms with Crippen molar-refractivity contribution in [3.63, 3.8) is 0 Å². The second-order valence-electron chi connectivity index (χ2n) is 7.34. The molecule has 1 saturated heterocycles. The third kappa shape index (κ3) is 6.80. The van der Waals surface area contributed by atoms with Crippen molar-refractivity contribution in [2.45, 2.75) is 26.2 Å². The Labute approximate surface area is 177 Å². The minimum Gasteiger partial charge on any atom is -0.494 e. The molecular weight excluding hydrogens is 386 g/mol. The molecule has 1 fully saturated rings. The van der Waals surface area contributed by atoms with E-state index in [0.717, 1.165) is 29.3 Å². The third-order valence-corrected chi connectivity index (χ3v) is 5.96. The van der Waals surface area contributed by atoms with Gasteiger partial charge >= 0.3 is 5.97 Å². The van der Waals surface area contributed by atoms with Crippen molar-refractivity contribution in [3.8, 4) is 16.3 Å². The topological polar surface area (TPSA) is 54.9 Å². The van der Waals surface area contributed by atoms with Crippen LogP contribution in [0.1, 0.15) is 36.7 Å². The van der Waals surface area contributed by atoms with Crippen LogP contribution in [0.15, 0.2) is 29.6 Å². The van der Waals surface area contributed by atoms with Crippen molar-refractivity contribution in [3.05, 3.63) is 35.3 Å². The fourth-order valence-electron chi connectivity index (χ4n) is 3.27. The largest absolute Gasteiger partial charge is 0.494 e. The van der Waals surface area contributed by atoms with Gasteiger partial charge in [-0.15, -0.1) is 11.3 Å². The summed E-state index contributed by atoms with van der Waals surface area (Å²) in [6.07, 6.45) is 3.50. The van der Waals surface area contributed by atoms with Crippen molar-refractivity contribution < 1.29 is 14.3 Å². The average Bonchev–Trinajstić information content (AvgIpc) is 3.23. The highest BCUT2D eigenvalue weighted by atomic mass is 32.1. The van der Waals surface area contributed by atoms with Crippen molar-refractivity contribution >= 4 is 17.3 Å². The predicted molar refractivity (Wildman–Crippen MR) is 117 cm³/mol. The van der Waals surface area contributed by atoms with Crippen LogP contribution in [0.25, 0.3) is 10.6 Å². The molecule has 2 aromatic rings. The first-order valence-electron chi connectivity index (χ1n) is 10.4. The number of hydrogen-bond donors (Lipinski definition) is 0. The normalized spacial score (nSPS) is 15.4. The summed E-state index contributed by atoms with van der Waals surface area (Å²) in [6, 6.07) is 7.89. The van der Waals surface area contributed by atoms with E-state index in [1.165, 1.54) is 56.9 Å². The first-order chi connectivity index (χ1) is 14.2. The number of esters is 1. The van der Waals surface area contributed by atoms with Gasteiger partial charge in [-0.1, -0.05) is 0 Å². The Kier molecular flexibility index (Phi) is 8.46. The molecule has 2 heterocycles. The fourth-order valence-corrected chi connectivity index (χ4v) is 4.07. The van der Waals surface area contributed by atoms with E-state index < -0.39 is 0 Å². The average molecular weight is 418 g/mol. The molecule has 1 aliphatic rings. The summed E-state index contributed by atoms with van der Waals surface area (Å²) >= 11 is 1.44. The monoisotopic (exact) mass is 417 g/mol. The molecular formula is C22H31N3O3S. The number of benzene rings is 1. The number of ether oxygens (including phenoxy) is 2. The zero-order valence-corrected chi connectivity index (χ0v) is 18.2. The summed E-state index contributed by atoms with van der Waals surface area (Å²) in [6.45, 7) is 8.84. The third-order valence-electron chi connectivity index (χ3n) is 5.07. The highest BCUT2D eigenvalue weighted by Crippen LogP contribution is 2.26.